The Hall–Kier alpha value is -1.12. The maximum atomic E-state index is 12.0. The van der Waals surface area contributed by atoms with Gasteiger partial charge in [0, 0.05) is 24.2 Å². The normalized spacial score (nSPS) is 19.6. The molecule has 1 heterocycles. The van der Waals surface area contributed by atoms with Crippen molar-refractivity contribution in [2.75, 3.05) is 24.7 Å². The van der Waals surface area contributed by atoms with Crippen molar-refractivity contribution in [1.29, 1.82) is 0 Å². The molecule has 0 aromatic heterocycles. The molecular weight excluding hydrogens is 466 g/mol. The zero-order valence-corrected chi connectivity index (χ0v) is 18.5. The Bertz CT molecular complexity index is 909. The Morgan fingerprint density at radius 2 is 1.93 bits per heavy atom. The first-order valence-corrected chi connectivity index (χ1v) is 12.1. The van der Waals surface area contributed by atoms with Crippen molar-refractivity contribution in [1.82, 2.24) is 4.90 Å². The van der Waals surface area contributed by atoms with Gasteiger partial charge in [0.05, 0.1) is 16.0 Å². The van der Waals surface area contributed by atoms with Crippen molar-refractivity contribution in [3.05, 3.63) is 63.6 Å². The molecule has 2 unspecified atom stereocenters. The Morgan fingerprint density at radius 3 is 2.61 bits per heavy atom. The molecule has 1 aliphatic heterocycles. The number of nitrogens with zero attached hydrogens (tertiary/aromatic N) is 1. The number of para-hydroxylation sites is 1. The van der Waals surface area contributed by atoms with Gasteiger partial charge >= 0.3 is 0 Å². The van der Waals surface area contributed by atoms with Gasteiger partial charge in [0.2, 0.25) is 0 Å². The van der Waals surface area contributed by atoms with Gasteiger partial charge in [-0.1, -0.05) is 41.9 Å². The average Bonchev–Trinajstić information content (AvgIpc) is 3.02. The van der Waals surface area contributed by atoms with Crippen molar-refractivity contribution in [3.63, 3.8) is 0 Å². The second-order valence-electron chi connectivity index (χ2n) is 6.97. The molecular formula is C20H23BrClNO4S. The predicted octanol–water partition coefficient (Wildman–Crippen LogP) is 3.53. The monoisotopic (exact) mass is 487 g/mol. The van der Waals surface area contributed by atoms with Crippen LogP contribution < -0.4 is 4.74 Å². The molecule has 5 nitrogen and oxygen atoms in total. The summed E-state index contributed by atoms with van der Waals surface area (Å²) in [6.07, 6.45) is -0.206. The number of rotatable bonds is 8. The molecule has 0 amide bonds. The van der Waals surface area contributed by atoms with Crippen LogP contribution in [0.25, 0.3) is 0 Å². The van der Waals surface area contributed by atoms with Crippen molar-refractivity contribution in [2.24, 2.45) is 0 Å². The zero-order chi connectivity index (χ0) is 20.1. The summed E-state index contributed by atoms with van der Waals surface area (Å²) < 4.78 is 30.4. The lowest BCUT2D eigenvalue weighted by atomic mass is 10.1. The Labute approximate surface area is 179 Å². The lowest BCUT2D eigenvalue weighted by molar-refractivity contribution is 0.0523. The summed E-state index contributed by atoms with van der Waals surface area (Å²) in [5.41, 5.74) is 0.910. The summed E-state index contributed by atoms with van der Waals surface area (Å²) in [6.45, 7) is 0.892. The largest absolute Gasteiger partial charge is 0.490 e. The van der Waals surface area contributed by atoms with Crippen LogP contribution in [-0.4, -0.2) is 55.2 Å². The van der Waals surface area contributed by atoms with Crippen LogP contribution in [0.15, 0.2) is 53.0 Å². The lowest BCUT2D eigenvalue weighted by Crippen LogP contribution is -2.42. The second-order valence-corrected chi connectivity index (χ2v) is 10.5. The summed E-state index contributed by atoms with van der Waals surface area (Å²) in [4.78, 5) is 2.00. The molecule has 152 valence electrons. The summed E-state index contributed by atoms with van der Waals surface area (Å²) in [6, 6.07) is 14.8. The summed E-state index contributed by atoms with van der Waals surface area (Å²) in [7, 11) is -3.03. The molecule has 2 aromatic rings. The summed E-state index contributed by atoms with van der Waals surface area (Å²) >= 11 is 9.71. The number of hydrogen-bond donors (Lipinski definition) is 1. The van der Waals surface area contributed by atoms with Gasteiger partial charge in [0.1, 0.15) is 18.5 Å². The van der Waals surface area contributed by atoms with Crippen molar-refractivity contribution >= 4 is 37.4 Å². The number of hydrogen-bond acceptors (Lipinski definition) is 5. The second kappa shape index (κ2) is 9.59. The van der Waals surface area contributed by atoms with E-state index in [-0.39, 0.29) is 24.2 Å². The van der Waals surface area contributed by atoms with Crippen LogP contribution in [0.3, 0.4) is 0 Å². The fourth-order valence-electron chi connectivity index (χ4n) is 3.32. The highest BCUT2D eigenvalue weighted by Crippen LogP contribution is 2.25. The molecule has 2 atom stereocenters. The van der Waals surface area contributed by atoms with E-state index in [1.54, 1.807) is 0 Å². The molecule has 3 rings (SSSR count). The molecule has 1 saturated heterocycles. The number of benzene rings is 2. The topological polar surface area (TPSA) is 66.8 Å². The Balaban J connectivity index is 1.68. The molecule has 0 saturated carbocycles. The average molecular weight is 489 g/mol. The van der Waals surface area contributed by atoms with Crippen LogP contribution in [0.2, 0.25) is 5.02 Å². The van der Waals surface area contributed by atoms with E-state index < -0.39 is 15.9 Å². The zero-order valence-electron chi connectivity index (χ0n) is 15.3. The number of aliphatic hydroxyl groups is 1. The Morgan fingerprint density at radius 1 is 1.21 bits per heavy atom. The van der Waals surface area contributed by atoms with Gasteiger partial charge in [0.15, 0.2) is 9.84 Å². The fraction of sp³-hybridized carbons (Fsp3) is 0.400. The van der Waals surface area contributed by atoms with E-state index in [0.29, 0.717) is 30.3 Å². The van der Waals surface area contributed by atoms with Crippen LogP contribution in [-0.2, 0) is 16.4 Å². The van der Waals surface area contributed by atoms with E-state index >= 15 is 0 Å². The van der Waals surface area contributed by atoms with Gasteiger partial charge in [-0.3, -0.25) is 4.90 Å². The van der Waals surface area contributed by atoms with Crippen molar-refractivity contribution in [2.45, 2.75) is 25.1 Å². The smallest absolute Gasteiger partial charge is 0.151 e. The van der Waals surface area contributed by atoms with Crippen LogP contribution in [0, 0.1) is 0 Å². The molecule has 0 spiro atoms. The minimum atomic E-state index is -3.03. The van der Waals surface area contributed by atoms with Gasteiger partial charge in [-0.25, -0.2) is 8.42 Å². The molecule has 28 heavy (non-hydrogen) atoms. The quantitative estimate of drug-likeness (QED) is 0.616. The molecule has 2 aromatic carbocycles. The number of sulfone groups is 1. The summed E-state index contributed by atoms with van der Waals surface area (Å²) in [5, 5.41) is 11.2. The van der Waals surface area contributed by atoms with Crippen molar-refractivity contribution < 1.29 is 18.3 Å². The predicted molar refractivity (Wildman–Crippen MR) is 115 cm³/mol. The number of aliphatic hydroxyl groups excluding tert-OH is 1. The van der Waals surface area contributed by atoms with Crippen molar-refractivity contribution in [3.8, 4) is 5.75 Å². The highest BCUT2D eigenvalue weighted by molar-refractivity contribution is 9.10. The first-order valence-electron chi connectivity index (χ1n) is 9.07. The fourth-order valence-corrected chi connectivity index (χ4v) is 5.68. The highest BCUT2D eigenvalue weighted by atomic mass is 79.9. The lowest BCUT2D eigenvalue weighted by Gasteiger charge is -2.30. The molecule has 1 N–H and O–H groups in total. The summed E-state index contributed by atoms with van der Waals surface area (Å²) in [5.74, 6) is 0.942. The van der Waals surface area contributed by atoms with E-state index in [1.807, 2.05) is 53.4 Å². The third kappa shape index (κ3) is 5.94. The van der Waals surface area contributed by atoms with Crippen LogP contribution in [0.5, 0.6) is 5.75 Å². The molecule has 8 heteroatoms. The SMILES string of the molecule is O=S1(=O)CCC(N(Cc2ccccc2Cl)CC(O)COc2ccccc2Br)C1. The van der Waals surface area contributed by atoms with Gasteiger partial charge in [-0.2, -0.15) is 0 Å². The highest BCUT2D eigenvalue weighted by Gasteiger charge is 2.33. The third-order valence-corrected chi connectivity index (χ3v) is 7.54. The molecule has 0 bridgehead atoms. The minimum Gasteiger partial charge on any atom is -0.490 e. The van der Waals surface area contributed by atoms with E-state index in [2.05, 4.69) is 15.9 Å². The maximum absolute atomic E-state index is 12.0. The standard InChI is InChI=1S/C20H23BrClNO4S/c21-18-6-2-4-8-20(18)27-13-17(24)12-23(16-9-10-28(25,26)14-16)11-15-5-1-3-7-19(15)22/h1-8,16-17,24H,9-14H2. The number of halogens is 2. The minimum absolute atomic E-state index is 0.106. The van der Waals surface area contributed by atoms with E-state index in [0.717, 1.165) is 10.0 Å². The molecule has 0 radical (unpaired) electrons. The van der Waals surface area contributed by atoms with Gasteiger partial charge in [-0.05, 0) is 46.1 Å². The van der Waals surface area contributed by atoms with Gasteiger partial charge < -0.3 is 9.84 Å². The van der Waals surface area contributed by atoms with Crippen LogP contribution in [0.4, 0.5) is 0 Å². The van der Waals surface area contributed by atoms with E-state index in [1.165, 1.54) is 0 Å². The van der Waals surface area contributed by atoms with E-state index in [9.17, 15) is 13.5 Å². The Kier molecular flexibility index (Phi) is 7.39. The van der Waals surface area contributed by atoms with Crippen LogP contribution in [0.1, 0.15) is 12.0 Å². The first kappa shape index (κ1) is 21.6. The number of ether oxygens (including phenoxy) is 1. The maximum Gasteiger partial charge on any atom is 0.151 e. The van der Waals surface area contributed by atoms with E-state index in [4.69, 9.17) is 16.3 Å². The third-order valence-electron chi connectivity index (χ3n) is 4.77. The molecule has 1 fully saturated rings. The van der Waals surface area contributed by atoms with Crippen LogP contribution >= 0.6 is 27.5 Å². The first-order chi connectivity index (χ1) is 13.3. The van der Waals surface area contributed by atoms with Gasteiger partial charge in [0.25, 0.3) is 0 Å². The molecule has 1 aliphatic rings. The van der Waals surface area contributed by atoms with Gasteiger partial charge in [-0.15, -0.1) is 0 Å². The molecule has 0 aliphatic carbocycles.